The van der Waals surface area contributed by atoms with Gasteiger partial charge in [0, 0.05) is 0 Å². The second-order valence-corrected chi connectivity index (χ2v) is 5.76. The number of benzene rings is 1. The van der Waals surface area contributed by atoms with Gasteiger partial charge in [0.2, 0.25) is 5.91 Å². The molecule has 0 spiro atoms. The summed E-state index contributed by atoms with van der Waals surface area (Å²) in [7, 11) is 0. The van der Waals surface area contributed by atoms with Gasteiger partial charge >= 0.3 is 5.69 Å². The van der Waals surface area contributed by atoms with E-state index in [0.717, 1.165) is 31.0 Å². The van der Waals surface area contributed by atoms with Crippen molar-refractivity contribution in [2.45, 2.75) is 38.3 Å². The van der Waals surface area contributed by atoms with Crippen LogP contribution in [0.15, 0.2) is 36.7 Å². The van der Waals surface area contributed by atoms with E-state index in [1.807, 2.05) is 18.2 Å². The fourth-order valence-corrected chi connectivity index (χ4v) is 2.95. The van der Waals surface area contributed by atoms with Crippen molar-refractivity contribution >= 4 is 11.6 Å². The SMILES string of the molecule is C[C@@H](C(=O)N[C@@H]1CCCc2ccccc21)n1cc([N+](=O)[O-])cn1. The van der Waals surface area contributed by atoms with E-state index >= 15 is 0 Å². The van der Waals surface area contributed by atoms with Crippen molar-refractivity contribution in [2.24, 2.45) is 0 Å². The first-order valence-electron chi connectivity index (χ1n) is 7.63. The van der Waals surface area contributed by atoms with Gasteiger partial charge < -0.3 is 5.32 Å². The number of aryl methyl sites for hydroxylation is 1. The molecule has 7 heteroatoms. The molecule has 0 saturated heterocycles. The average molecular weight is 314 g/mol. The summed E-state index contributed by atoms with van der Waals surface area (Å²) in [5.74, 6) is -0.190. The Morgan fingerprint density at radius 2 is 2.26 bits per heavy atom. The molecule has 0 aliphatic heterocycles. The van der Waals surface area contributed by atoms with Crippen molar-refractivity contribution in [3.8, 4) is 0 Å². The number of nitrogens with one attached hydrogen (secondary N) is 1. The van der Waals surface area contributed by atoms with Crippen LogP contribution in [0.5, 0.6) is 0 Å². The van der Waals surface area contributed by atoms with Gasteiger partial charge in [-0.3, -0.25) is 19.6 Å². The Bertz CT molecular complexity index is 740. The van der Waals surface area contributed by atoms with Gasteiger partial charge in [-0.15, -0.1) is 0 Å². The topological polar surface area (TPSA) is 90.1 Å². The Balaban J connectivity index is 1.73. The number of amides is 1. The summed E-state index contributed by atoms with van der Waals surface area (Å²) in [5, 5.41) is 17.7. The monoisotopic (exact) mass is 314 g/mol. The van der Waals surface area contributed by atoms with Gasteiger partial charge in [-0.2, -0.15) is 5.10 Å². The van der Waals surface area contributed by atoms with Gasteiger partial charge in [-0.25, -0.2) is 0 Å². The fourth-order valence-electron chi connectivity index (χ4n) is 2.95. The minimum Gasteiger partial charge on any atom is -0.347 e. The summed E-state index contributed by atoms with van der Waals surface area (Å²) in [4.78, 5) is 22.6. The number of hydrogen-bond acceptors (Lipinski definition) is 4. The lowest BCUT2D eigenvalue weighted by Crippen LogP contribution is -2.35. The van der Waals surface area contributed by atoms with Crippen molar-refractivity contribution in [3.05, 3.63) is 57.9 Å². The maximum atomic E-state index is 12.5. The minimum absolute atomic E-state index is 0.0135. The molecule has 0 bridgehead atoms. The highest BCUT2D eigenvalue weighted by atomic mass is 16.6. The van der Waals surface area contributed by atoms with E-state index in [1.165, 1.54) is 16.4 Å². The Morgan fingerprint density at radius 1 is 1.48 bits per heavy atom. The van der Waals surface area contributed by atoms with E-state index in [9.17, 15) is 14.9 Å². The van der Waals surface area contributed by atoms with E-state index in [2.05, 4.69) is 16.5 Å². The zero-order valence-corrected chi connectivity index (χ0v) is 12.8. The first-order valence-corrected chi connectivity index (χ1v) is 7.63. The zero-order chi connectivity index (χ0) is 16.4. The molecule has 0 unspecified atom stereocenters. The first-order chi connectivity index (χ1) is 11.1. The third-order valence-electron chi connectivity index (χ3n) is 4.26. The van der Waals surface area contributed by atoms with Gasteiger partial charge in [-0.05, 0) is 37.3 Å². The van der Waals surface area contributed by atoms with E-state index in [-0.39, 0.29) is 17.6 Å². The summed E-state index contributed by atoms with van der Waals surface area (Å²) in [6, 6.07) is 7.51. The molecule has 2 atom stereocenters. The van der Waals surface area contributed by atoms with Crippen molar-refractivity contribution in [3.63, 3.8) is 0 Å². The molecule has 2 aromatic rings. The number of hydrogen-bond donors (Lipinski definition) is 1. The predicted molar refractivity (Wildman–Crippen MR) is 83.9 cm³/mol. The predicted octanol–water partition coefficient (Wildman–Crippen LogP) is 2.55. The first kappa shape index (κ1) is 15.2. The molecule has 120 valence electrons. The fraction of sp³-hybridized carbons (Fsp3) is 0.375. The van der Waals surface area contributed by atoms with Crippen LogP contribution < -0.4 is 5.32 Å². The zero-order valence-electron chi connectivity index (χ0n) is 12.8. The lowest BCUT2D eigenvalue weighted by molar-refractivity contribution is -0.385. The van der Waals surface area contributed by atoms with Crippen molar-refractivity contribution < 1.29 is 9.72 Å². The molecule has 1 aliphatic carbocycles. The molecule has 23 heavy (non-hydrogen) atoms. The number of carbonyl (C=O) groups is 1. The van der Waals surface area contributed by atoms with E-state index < -0.39 is 11.0 Å². The lowest BCUT2D eigenvalue weighted by atomic mass is 9.87. The van der Waals surface area contributed by atoms with E-state index in [0.29, 0.717) is 0 Å². The second kappa shape index (κ2) is 6.20. The van der Waals surface area contributed by atoms with E-state index in [1.54, 1.807) is 6.92 Å². The molecule has 1 aromatic heterocycles. The van der Waals surface area contributed by atoms with Gasteiger partial charge in [-0.1, -0.05) is 24.3 Å². The Labute approximate surface area is 133 Å². The average Bonchev–Trinajstić information content (AvgIpc) is 3.04. The van der Waals surface area contributed by atoms with Crippen LogP contribution in [0.4, 0.5) is 5.69 Å². The van der Waals surface area contributed by atoms with Crippen LogP contribution in [0.1, 0.15) is 43.0 Å². The number of nitrogens with zero attached hydrogens (tertiary/aromatic N) is 3. The molecule has 1 aromatic carbocycles. The van der Waals surface area contributed by atoms with Crippen LogP contribution in [-0.2, 0) is 11.2 Å². The minimum atomic E-state index is -0.599. The van der Waals surface area contributed by atoms with Crippen LogP contribution >= 0.6 is 0 Å². The third-order valence-corrected chi connectivity index (χ3v) is 4.26. The Hall–Kier alpha value is -2.70. The highest BCUT2D eigenvalue weighted by molar-refractivity contribution is 5.80. The van der Waals surface area contributed by atoms with Gasteiger partial charge in [0.15, 0.2) is 0 Å². The van der Waals surface area contributed by atoms with Crippen molar-refractivity contribution in [1.29, 1.82) is 0 Å². The molecule has 1 aliphatic rings. The number of carbonyl (C=O) groups excluding carboxylic acids is 1. The Morgan fingerprint density at radius 3 is 3.00 bits per heavy atom. The van der Waals surface area contributed by atoms with Crippen LogP contribution in [0, 0.1) is 10.1 Å². The van der Waals surface area contributed by atoms with Crippen LogP contribution in [0.2, 0.25) is 0 Å². The van der Waals surface area contributed by atoms with Crippen LogP contribution in [0.25, 0.3) is 0 Å². The highest BCUT2D eigenvalue weighted by Crippen LogP contribution is 2.29. The third kappa shape index (κ3) is 3.08. The van der Waals surface area contributed by atoms with Crippen molar-refractivity contribution in [2.75, 3.05) is 0 Å². The molecule has 0 saturated carbocycles. The molecule has 1 amide bonds. The largest absolute Gasteiger partial charge is 0.347 e. The lowest BCUT2D eigenvalue weighted by Gasteiger charge is -2.27. The second-order valence-electron chi connectivity index (χ2n) is 5.76. The van der Waals surface area contributed by atoms with E-state index in [4.69, 9.17) is 0 Å². The number of rotatable bonds is 4. The summed E-state index contributed by atoms with van der Waals surface area (Å²) < 4.78 is 1.32. The van der Waals surface area contributed by atoms with Gasteiger partial charge in [0.25, 0.3) is 0 Å². The summed E-state index contributed by atoms with van der Waals surface area (Å²) in [6.07, 6.45) is 5.39. The smallest absolute Gasteiger partial charge is 0.307 e. The quantitative estimate of drug-likeness (QED) is 0.693. The van der Waals surface area contributed by atoms with Crippen LogP contribution in [-0.4, -0.2) is 20.6 Å². The summed E-state index contributed by atoms with van der Waals surface area (Å²) >= 11 is 0. The normalized spacial score (nSPS) is 18.0. The van der Waals surface area contributed by atoms with Gasteiger partial charge in [0.1, 0.15) is 18.4 Å². The van der Waals surface area contributed by atoms with Crippen molar-refractivity contribution in [1.82, 2.24) is 15.1 Å². The molecular formula is C16H18N4O3. The molecule has 0 radical (unpaired) electrons. The maximum absolute atomic E-state index is 12.5. The number of aromatic nitrogens is 2. The molecule has 1 N–H and O–H groups in total. The maximum Gasteiger partial charge on any atom is 0.307 e. The molecule has 7 nitrogen and oxygen atoms in total. The molecule has 1 heterocycles. The number of nitro groups is 1. The summed E-state index contributed by atoms with van der Waals surface area (Å²) in [5.41, 5.74) is 2.31. The highest BCUT2D eigenvalue weighted by Gasteiger charge is 2.25. The Kier molecular flexibility index (Phi) is 4.10. The molecule has 3 rings (SSSR count). The van der Waals surface area contributed by atoms with Gasteiger partial charge in [0.05, 0.1) is 11.0 Å². The standard InChI is InChI=1S/C16H18N4O3/c1-11(19-10-13(9-17-19)20(22)23)16(21)18-15-8-4-6-12-5-2-3-7-14(12)15/h2-3,5,7,9-11,15H,4,6,8H2,1H3,(H,18,21)/t11-,15+/m0/s1. The summed E-state index contributed by atoms with van der Waals surface area (Å²) in [6.45, 7) is 1.68. The molecule has 0 fully saturated rings. The molecular weight excluding hydrogens is 296 g/mol. The van der Waals surface area contributed by atoms with Crippen LogP contribution in [0.3, 0.4) is 0 Å². The number of fused-ring (bicyclic) bond motifs is 1.